The molecule has 0 aromatic heterocycles. The summed E-state index contributed by atoms with van der Waals surface area (Å²) in [6, 6.07) is 0. The van der Waals surface area contributed by atoms with E-state index < -0.39 is 0 Å². The van der Waals surface area contributed by atoms with Gasteiger partial charge >= 0.3 is 11.9 Å². The molecule has 0 aliphatic rings. The lowest BCUT2D eigenvalue weighted by molar-refractivity contribution is -0.143. The molecule has 0 atom stereocenters. The molecule has 44 heavy (non-hydrogen) atoms. The molecule has 0 unspecified atom stereocenters. The van der Waals surface area contributed by atoms with Crippen molar-refractivity contribution in [3.05, 3.63) is 36.5 Å². The van der Waals surface area contributed by atoms with Gasteiger partial charge in [0.2, 0.25) is 0 Å². The summed E-state index contributed by atoms with van der Waals surface area (Å²) in [7, 11) is 0. The molecule has 0 spiro atoms. The van der Waals surface area contributed by atoms with E-state index in [1.54, 1.807) is 12.2 Å². The smallest absolute Gasteiger partial charge is 0.306 e. The van der Waals surface area contributed by atoms with E-state index in [1.807, 2.05) is 0 Å². The van der Waals surface area contributed by atoms with Gasteiger partial charge in [0.15, 0.2) is 0 Å². The van der Waals surface area contributed by atoms with E-state index in [-0.39, 0.29) is 25.2 Å². The minimum Gasteiger partial charge on any atom is -0.461 e. The predicted octanol–water partition coefficient (Wildman–Crippen LogP) is 12.7. The fraction of sp³-hybridized carbons (Fsp3) is 0.800. The average Bonchev–Trinajstić information content (AvgIpc) is 3.02. The van der Waals surface area contributed by atoms with Crippen molar-refractivity contribution in [3.8, 4) is 0 Å². The maximum Gasteiger partial charge on any atom is 0.306 e. The van der Waals surface area contributed by atoms with Crippen LogP contribution in [0.3, 0.4) is 0 Å². The molecule has 0 aliphatic carbocycles. The van der Waals surface area contributed by atoms with E-state index in [4.69, 9.17) is 9.47 Å². The zero-order valence-corrected chi connectivity index (χ0v) is 29.3. The summed E-state index contributed by atoms with van der Waals surface area (Å²) in [5, 5.41) is 0. The third kappa shape index (κ3) is 36.4. The number of allylic oxidation sites excluding steroid dienone is 4. The molecular weight excluding hydrogens is 544 g/mol. The molecule has 0 saturated carbocycles. The van der Waals surface area contributed by atoms with Gasteiger partial charge in [-0.05, 0) is 76.4 Å². The monoisotopic (exact) mass is 617 g/mol. The number of hydrogen-bond donors (Lipinski definition) is 0. The summed E-state index contributed by atoms with van der Waals surface area (Å²) in [4.78, 5) is 23.8. The van der Waals surface area contributed by atoms with Crippen LogP contribution >= 0.6 is 0 Å². The number of esters is 2. The largest absolute Gasteiger partial charge is 0.461 e. The molecule has 0 aliphatic heterocycles. The number of unbranched alkanes of at least 4 members (excludes halogenated alkanes) is 22. The van der Waals surface area contributed by atoms with Gasteiger partial charge in [-0.2, -0.15) is 0 Å². The highest BCUT2D eigenvalue weighted by Gasteiger charge is 2.03. The molecule has 0 N–H and O–H groups in total. The number of carbonyl (C=O) groups is 2. The molecular formula is C40H72O4. The van der Waals surface area contributed by atoms with Crippen LogP contribution in [0, 0.1) is 0 Å². The first-order valence-electron chi connectivity index (χ1n) is 19.0. The first-order valence-corrected chi connectivity index (χ1v) is 19.0. The Morgan fingerprint density at radius 1 is 0.364 bits per heavy atom. The molecule has 0 fully saturated rings. The van der Waals surface area contributed by atoms with Gasteiger partial charge in [-0.1, -0.05) is 141 Å². The van der Waals surface area contributed by atoms with E-state index in [2.05, 4.69) is 38.2 Å². The SMILES string of the molecule is CCCCCCCC/C=C\CCCCCCCC(=O)OC/C=C/COC(=O)CCCCCCC/C=C\CCCCCCCC. The van der Waals surface area contributed by atoms with Crippen LogP contribution < -0.4 is 0 Å². The van der Waals surface area contributed by atoms with E-state index in [0.717, 1.165) is 25.7 Å². The summed E-state index contributed by atoms with van der Waals surface area (Å²) in [6.45, 7) is 5.02. The van der Waals surface area contributed by atoms with Crippen molar-refractivity contribution in [2.45, 2.75) is 194 Å². The van der Waals surface area contributed by atoms with Gasteiger partial charge in [-0.25, -0.2) is 0 Å². The molecule has 4 heteroatoms. The highest BCUT2D eigenvalue weighted by atomic mass is 16.5. The maximum absolute atomic E-state index is 11.9. The standard InChI is InChI=1S/C40H72O4/c1-3-5-7-9-11-13-15-17-19-21-23-25-27-29-31-35-39(41)43-37-33-34-38-44-40(42)36-32-30-28-26-24-22-20-18-16-14-12-10-8-6-4-2/h17-20,33-34H,3-16,21-32,35-38H2,1-2H3/b19-17-,20-18-,34-33+. The second-order valence-corrected chi connectivity index (χ2v) is 12.5. The quantitative estimate of drug-likeness (QED) is 0.0410. The summed E-state index contributed by atoms with van der Waals surface area (Å²) >= 11 is 0. The summed E-state index contributed by atoms with van der Waals surface area (Å²) in [5.41, 5.74) is 0. The second-order valence-electron chi connectivity index (χ2n) is 12.5. The van der Waals surface area contributed by atoms with Crippen molar-refractivity contribution in [1.82, 2.24) is 0 Å². The Balaban J connectivity index is 3.39. The minimum absolute atomic E-state index is 0.145. The van der Waals surface area contributed by atoms with Gasteiger partial charge in [0.05, 0.1) is 0 Å². The number of carbonyl (C=O) groups excluding carboxylic acids is 2. The molecule has 0 aromatic rings. The van der Waals surface area contributed by atoms with Crippen molar-refractivity contribution < 1.29 is 19.1 Å². The molecule has 0 saturated heterocycles. The third-order valence-electron chi connectivity index (χ3n) is 8.13. The van der Waals surface area contributed by atoms with E-state index in [1.165, 1.54) is 141 Å². The Hall–Kier alpha value is -1.84. The lowest BCUT2D eigenvalue weighted by Gasteiger charge is -2.03. The Kier molecular flexibility index (Phi) is 35.8. The first-order chi connectivity index (χ1) is 21.7. The first kappa shape index (κ1) is 42.2. The fourth-order valence-electron chi connectivity index (χ4n) is 5.24. The minimum atomic E-state index is -0.145. The van der Waals surface area contributed by atoms with Crippen molar-refractivity contribution >= 4 is 11.9 Å². The van der Waals surface area contributed by atoms with Crippen molar-refractivity contribution in [1.29, 1.82) is 0 Å². The Bertz CT molecular complexity index is 635. The Morgan fingerprint density at radius 2 is 0.636 bits per heavy atom. The average molecular weight is 617 g/mol. The van der Waals surface area contributed by atoms with Crippen LogP contribution in [0.25, 0.3) is 0 Å². The molecule has 4 nitrogen and oxygen atoms in total. The molecule has 0 amide bonds. The third-order valence-corrected chi connectivity index (χ3v) is 8.13. The zero-order valence-electron chi connectivity index (χ0n) is 29.3. The zero-order chi connectivity index (χ0) is 32.0. The lowest BCUT2D eigenvalue weighted by atomic mass is 10.1. The summed E-state index contributed by atoms with van der Waals surface area (Å²) in [5.74, 6) is -0.290. The predicted molar refractivity (Wildman–Crippen MR) is 190 cm³/mol. The highest BCUT2D eigenvalue weighted by molar-refractivity contribution is 5.69. The van der Waals surface area contributed by atoms with Gasteiger partial charge in [-0.15, -0.1) is 0 Å². The van der Waals surface area contributed by atoms with Gasteiger partial charge in [0.1, 0.15) is 13.2 Å². The lowest BCUT2D eigenvalue weighted by Crippen LogP contribution is -2.05. The van der Waals surface area contributed by atoms with E-state index >= 15 is 0 Å². The van der Waals surface area contributed by atoms with Crippen LogP contribution in [0.1, 0.15) is 194 Å². The maximum atomic E-state index is 11.9. The van der Waals surface area contributed by atoms with Crippen LogP contribution in [0.2, 0.25) is 0 Å². The Morgan fingerprint density at radius 3 is 0.955 bits per heavy atom. The number of ether oxygens (including phenoxy) is 2. The van der Waals surface area contributed by atoms with Gasteiger partial charge in [0.25, 0.3) is 0 Å². The molecule has 0 bridgehead atoms. The topological polar surface area (TPSA) is 52.6 Å². The van der Waals surface area contributed by atoms with Crippen molar-refractivity contribution in [2.75, 3.05) is 13.2 Å². The number of rotatable bonds is 34. The molecule has 256 valence electrons. The fourth-order valence-corrected chi connectivity index (χ4v) is 5.24. The Labute approximate surface area is 273 Å². The van der Waals surface area contributed by atoms with Crippen LogP contribution in [0.5, 0.6) is 0 Å². The van der Waals surface area contributed by atoms with E-state index in [0.29, 0.717) is 12.8 Å². The van der Waals surface area contributed by atoms with Gasteiger partial charge in [-0.3, -0.25) is 9.59 Å². The molecule has 0 aromatic carbocycles. The highest BCUT2D eigenvalue weighted by Crippen LogP contribution is 2.12. The van der Waals surface area contributed by atoms with Gasteiger partial charge < -0.3 is 9.47 Å². The second kappa shape index (κ2) is 37.3. The van der Waals surface area contributed by atoms with Crippen LogP contribution in [-0.4, -0.2) is 25.2 Å². The molecule has 0 heterocycles. The van der Waals surface area contributed by atoms with Crippen molar-refractivity contribution in [2.24, 2.45) is 0 Å². The van der Waals surface area contributed by atoms with E-state index in [9.17, 15) is 9.59 Å². The summed E-state index contributed by atoms with van der Waals surface area (Å²) in [6.07, 6.45) is 46.3. The van der Waals surface area contributed by atoms with Crippen molar-refractivity contribution in [3.63, 3.8) is 0 Å². The normalized spacial score (nSPS) is 11.8. The summed E-state index contributed by atoms with van der Waals surface area (Å²) < 4.78 is 10.5. The molecule has 0 radical (unpaired) electrons. The van der Waals surface area contributed by atoms with Crippen LogP contribution in [-0.2, 0) is 19.1 Å². The van der Waals surface area contributed by atoms with Crippen LogP contribution in [0.4, 0.5) is 0 Å². The van der Waals surface area contributed by atoms with Gasteiger partial charge in [0, 0.05) is 12.8 Å². The molecule has 0 rings (SSSR count). The van der Waals surface area contributed by atoms with Crippen LogP contribution in [0.15, 0.2) is 36.5 Å². The number of hydrogen-bond acceptors (Lipinski definition) is 4.